The van der Waals surface area contributed by atoms with E-state index in [1.807, 2.05) is 39.0 Å². The normalized spacial score (nSPS) is 38.5. The maximum Gasteiger partial charge on any atom is 0.217 e. The molecule has 3 rings (SSSR count). The highest BCUT2D eigenvalue weighted by Crippen LogP contribution is 2.43. The molecule has 2 heterocycles. The number of rotatable bonds is 17. The molecule has 316 valence electrons. The third kappa shape index (κ3) is 11.9. The molecule has 2 saturated heterocycles. The fraction of sp³-hybridized carbons (Fsp3) is 0.786. The van der Waals surface area contributed by atoms with Crippen LogP contribution in [0.1, 0.15) is 88.0 Å². The van der Waals surface area contributed by atoms with Gasteiger partial charge in [0, 0.05) is 57.7 Å². The van der Waals surface area contributed by atoms with Gasteiger partial charge >= 0.3 is 0 Å². The number of aliphatic hydroxyl groups is 5. The summed E-state index contributed by atoms with van der Waals surface area (Å²) in [5.41, 5.74) is -0.287. The predicted octanol–water partition coefficient (Wildman–Crippen LogP) is 3.92. The fourth-order valence-electron chi connectivity index (χ4n) is 8.22. The van der Waals surface area contributed by atoms with Gasteiger partial charge in [-0.1, -0.05) is 63.6 Å². The standard InChI is InChI=1S/C42H71NO12/c1-13-42(49)40(52-12)37(46)26(5)39(55-42)35(51-11)21-25(4)33(54-36-22-32(43-29(8)45)38(47)28(7)53-36)18-19-41(9,48)31-16-17-34(50-10)30(31)15-14-23(2)20-24(3)27(6)44/h14-15,18-21,24-28,30-34,36-40,44,46-49H,13,16-17,22H2,1-12H3,(H,43,45)/b15-14+,19-18+,23-20+,35-21-. The van der Waals surface area contributed by atoms with Crippen LogP contribution in [0.25, 0.3) is 0 Å². The van der Waals surface area contributed by atoms with E-state index < -0.39 is 78.3 Å². The Hall–Kier alpha value is -2.17. The predicted molar refractivity (Wildman–Crippen MR) is 208 cm³/mol. The Bertz CT molecular complexity index is 1350. The first-order chi connectivity index (χ1) is 25.7. The molecule has 0 aromatic heterocycles. The lowest BCUT2D eigenvalue weighted by Crippen LogP contribution is -2.62. The zero-order valence-corrected chi connectivity index (χ0v) is 35.0. The Morgan fingerprint density at radius 2 is 1.71 bits per heavy atom. The summed E-state index contributed by atoms with van der Waals surface area (Å²) in [5, 5.41) is 58.2. The summed E-state index contributed by atoms with van der Waals surface area (Å²) in [5.74, 6) is -2.93. The van der Waals surface area contributed by atoms with Crippen LogP contribution in [0, 0.1) is 29.6 Å². The van der Waals surface area contributed by atoms with Crippen LogP contribution in [0.3, 0.4) is 0 Å². The quantitative estimate of drug-likeness (QED) is 0.0712. The molecular weight excluding hydrogens is 710 g/mol. The zero-order valence-electron chi connectivity index (χ0n) is 35.0. The van der Waals surface area contributed by atoms with Crippen molar-refractivity contribution in [1.29, 1.82) is 0 Å². The van der Waals surface area contributed by atoms with Gasteiger partial charge in [0.2, 0.25) is 5.91 Å². The molecule has 1 saturated carbocycles. The van der Waals surface area contributed by atoms with E-state index in [2.05, 4.69) is 11.4 Å². The second-order valence-electron chi connectivity index (χ2n) is 16.3. The maximum absolute atomic E-state index is 12.1. The van der Waals surface area contributed by atoms with Gasteiger partial charge in [-0.05, 0) is 52.5 Å². The van der Waals surface area contributed by atoms with Crippen LogP contribution in [0.5, 0.6) is 0 Å². The van der Waals surface area contributed by atoms with E-state index in [9.17, 15) is 30.3 Å². The first-order valence-corrected chi connectivity index (χ1v) is 19.8. The summed E-state index contributed by atoms with van der Waals surface area (Å²) in [6, 6.07) is -0.601. The Balaban J connectivity index is 2.00. The van der Waals surface area contributed by atoms with Crippen LogP contribution in [0.2, 0.25) is 0 Å². The molecule has 17 atom stereocenters. The van der Waals surface area contributed by atoms with Crippen molar-refractivity contribution in [3.05, 3.63) is 47.8 Å². The lowest BCUT2D eigenvalue weighted by Gasteiger charge is -2.48. The van der Waals surface area contributed by atoms with Gasteiger partial charge in [0.15, 0.2) is 12.1 Å². The average Bonchev–Trinajstić information content (AvgIpc) is 3.55. The van der Waals surface area contributed by atoms with Crippen molar-refractivity contribution in [2.75, 3.05) is 21.3 Å². The van der Waals surface area contributed by atoms with E-state index in [1.165, 1.54) is 21.1 Å². The zero-order chi connectivity index (χ0) is 41.4. The lowest BCUT2D eigenvalue weighted by molar-refractivity contribution is -0.338. The van der Waals surface area contributed by atoms with Gasteiger partial charge in [-0.3, -0.25) is 4.79 Å². The Labute approximate surface area is 328 Å². The molecule has 3 fully saturated rings. The van der Waals surface area contributed by atoms with Gasteiger partial charge in [-0.25, -0.2) is 0 Å². The molecule has 0 radical (unpaired) electrons. The summed E-state index contributed by atoms with van der Waals surface area (Å²) in [6.45, 7) is 16.1. The third-order valence-electron chi connectivity index (χ3n) is 11.9. The van der Waals surface area contributed by atoms with E-state index in [4.69, 9.17) is 28.4 Å². The van der Waals surface area contributed by atoms with Crippen LogP contribution in [-0.4, -0.2) is 125 Å². The van der Waals surface area contributed by atoms with Crippen LogP contribution in [-0.2, 0) is 33.2 Å². The smallest absolute Gasteiger partial charge is 0.217 e. The van der Waals surface area contributed by atoms with Crippen LogP contribution in [0.4, 0.5) is 0 Å². The van der Waals surface area contributed by atoms with E-state index in [-0.39, 0.29) is 42.6 Å². The fourth-order valence-corrected chi connectivity index (χ4v) is 8.22. The van der Waals surface area contributed by atoms with Gasteiger partial charge in [0.1, 0.15) is 24.1 Å². The molecule has 13 nitrogen and oxygen atoms in total. The number of aliphatic hydroxyl groups excluding tert-OH is 3. The lowest BCUT2D eigenvalue weighted by atomic mass is 9.79. The minimum Gasteiger partial charge on any atom is -0.499 e. The molecule has 0 bridgehead atoms. The number of hydrogen-bond donors (Lipinski definition) is 6. The van der Waals surface area contributed by atoms with Crippen molar-refractivity contribution in [1.82, 2.24) is 5.32 Å². The van der Waals surface area contributed by atoms with E-state index >= 15 is 0 Å². The SMILES string of the molecule is CCC1(O)OC(/C(=C/C(C)C(/C=C/C(C)(O)C2CCC(OC)C2/C=C/C(C)=C/C(C)C(C)O)OC2CC(NC(C)=O)C(O)C(C)O2)OC)C(C)C(O)C1OC. The summed E-state index contributed by atoms with van der Waals surface area (Å²) >= 11 is 0. The molecule has 55 heavy (non-hydrogen) atoms. The number of nitrogens with one attached hydrogen (secondary N) is 1. The van der Waals surface area contributed by atoms with Gasteiger partial charge in [-0.15, -0.1) is 0 Å². The summed E-state index contributed by atoms with van der Waals surface area (Å²) in [6.07, 6.45) is 6.84. The number of ether oxygens (including phenoxy) is 6. The van der Waals surface area contributed by atoms with Crippen LogP contribution in [0.15, 0.2) is 47.8 Å². The highest BCUT2D eigenvalue weighted by molar-refractivity contribution is 5.73. The molecule has 6 N–H and O–H groups in total. The number of allylic oxidation sites excluding steroid dienone is 2. The Kier molecular flexibility index (Phi) is 17.6. The third-order valence-corrected chi connectivity index (χ3v) is 11.9. The molecule has 17 unspecified atom stereocenters. The number of methoxy groups -OCH3 is 3. The Morgan fingerprint density at radius 3 is 2.27 bits per heavy atom. The van der Waals surface area contributed by atoms with E-state index in [0.29, 0.717) is 12.2 Å². The van der Waals surface area contributed by atoms with Crippen molar-refractivity contribution < 1.29 is 58.7 Å². The summed E-state index contributed by atoms with van der Waals surface area (Å²) in [4.78, 5) is 12.0. The second kappa shape index (κ2) is 20.5. The molecule has 0 aromatic rings. The number of carbonyl (C=O) groups is 1. The highest BCUT2D eigenvalue weighted by atomic mass is 16.7. The van der Waals surface area contributed by atoms with Crippen LogP contribution >= 0.6 is 0 Å². The first kappa shape index (κ1) is 47.2. The van der Waals surface area contributed by atoms with Gasteiger partial charge in [-0.2, -0.15) is 0 Å². The second-order valence-corrected chi connectivity index (χ2v) is 16.3. The van der Waals surface area contributed by atoms with Gasteiger partial charge in [0.05, 0.1) is 49.3 Å². The average molecular weight is 782 g/mol. The highest BCUT2D eigenvalue weighted by Gasteiger charge is 2.53. The van der Waals surface area contributed by atoms with Crippen molar-refractivity contribution in [2.45, 2.75) is 161 Å². The topological polar surface area (TPSA) is 186 Å². The monoisotopic (exact) mass is 781 g/mol. The van der Waals surface area contributed by atoms with Crippen molar-refractivity contribution in [3.8, 4) is 0 Å². The van der Waals surface area contributed by atoms with Crippen molar-refractivity contribution >= 4 is 5.91 Å². The molecule has 1 aliphatic carbocycles. The van der Waals surface area contributed by atoms with E-state index in [1.54, 1.807) is 53.9 Å². The maximum atomic E-state index is 12.1. The molecule has 2 aliphatic heterocycles. The van der Waals surface area contributed by atoms with Gasteiger partial charge < -0.3 is 59.3 Å². The van der Waals surface area contributed by atoms with Gasteiger partial charge in [0.25, 0.3) is 0 Å². The van der Waals surface area contributed by atoms with E-state index in [0.717, 1.165) is 12.0 Å². The first-order valence-electron chi connectivity index (χ1n) is 19.8. The molecule has 0 aromatic carbocycles. The molecular formula is C42H71NO12. The number of hydrogen-bond acceptors (Lipinski definition) is 12. The molecule has 1 amide bonds. The summed E-state index contributed by atoms with van der Waals surface area (Å²) in [7, 11) is 4.60. The van der Waals surface area contributed by atoms with Crippen molar-refractivity contribution in [2.24, 2.45) is 29.6 Å². The largest absolute Gasteiger partial charge is 0.499 e. The minimum absolute atomic E-state index is 0.00846. The molecule has 0 spiro atoms. The number of amides is 1. The molecule has 3 aliphatic rings. The minimum atomic E-state index is -1.76. The summed E-state index contributed by atoms with van der Waals surface area (Å²) < 4.78 is 36.1. The van der Waals surface area contributed by atoms with Crippen molar-refractivity contribution in [3.63, 3.8) is 0 Å². The van der Waals surface area contributed by atoms with Crippen LogP contribution < -0.4 is 5.32 Å². The molecule has 13 heteroatoms. The Morgan fingerprint density at radius 1 is 1.04 bits per heavy atom. The number of carbonyl (C=O) groups excluding carboxylic acids is 1.